The minimum absolute atomic E-state index is 0.836. The van der Waals surface area contributed by atoms with Gasteiger partial charge in [-0.15, -0.1) is 0 Å². The molecule has 3 heteroatoms. The van der Waals surface area contributed by atoms with E-state index in [4.69, 9.17) is 13.3 Å². The van der Waals surface area contributed by atoms with Gasteiger partial charge in [0.1, 0.15) is 0 Å². The fourth-order valence-corrected chi connectivity index (χ4v) is 0.130. The van der Waals surface area contributed by atoms with Crippen molar-refractivity contribution in [3.05, 3.63) is 0 Å². The second kappa shape index (κ2) is 4.59. The Morgan fingerprint density at radius 1 is 2.00 bits per heavy atom. The van der Waals surface area contributed by atoms with Crippen molar-refractivity contribution < 1.29 is 22.9 Å². The van der Waals surface area contributed by atoms with Gasteiger partial charge in [-0.3, -0.25) is 4.79 Å². The molecule has 0 heterocycles. The SMILES string of the molecule is [2H]C([2H])(O)C([2H])([2H])C([2H])([2H])C(=O)OC. The first-order chi connectivity index (χ1) is 5.98. The van der Waals surface area contributed by atoms with E-state index in [-0.39, 0.29) is 0 Å². The number of hydrogen-bond donors (Lipinski definition) is 1. The van der Waals surface area contributed by atoms with Crippen molar-refractivity contribution in [3.8, 4) is 0 Å². The third kappa shape index (κ3) is 3.61. The van der Waals surface area contributed by atoms with Gasteiger partial charge in [0.25, 0.3) is 0 Å². The Bertz CT molecular complexity index is 232. The van der Waals surface area contributed by atoms with Crippen LogP contribution in [0.3, 0.4) is 0 Å². The smallest absolute Gasteiger partial charge is 0.305 e. The normalized spacial score (nSPS) is 25.2. The maximum atomic E-state index is 10.8. The van der Waals surface area contributed by atoms with Crippen LogP contribution in [0.2, 0.25) is 0 Å². The maximum Gasteiger partial charge on any atom is 0.305 e. The molecule has 0 fully saturated rings. The molecular formula is C5H10O3. The van der Waals surface area contributed by atoms with Crippen molar-refractivity contribution in [3.63, 3.8) is 0 Å². The van der Waals surface area contributed by atoms with Crippen molar-refractivity contribution >= 4 is 5.97 Å². The molecule has 0 aliphatic heterocycles. The Hall–Kier alpha value is -0.570. The van der Waals surface area contributed by atoms with Gasteiger partial charge < -0.3 is 9.84 Å². The van der Waals surface area contributed by atoms with Crippen molar-refractivity contribution in [1.82, 2.24) is 0 Å². The molecule has 0 saturated carbocycles. The summed E-state index contributed by atoms with van der Waals surface area (Å²) in [5.74, 6) is -1.58. The molecule has 0 rings (SSSR count). The number of methoxy groups -OCH3 is 1. The van der Waals surface area contributed by atoms with E-state index in [9.17, 15) is 4.79 Å². The lowest BCUT2D eigenvalue weighted by molar-refractivity contribution is -0.140. The molecule has 0 saturated heterocycles. The number of aliphatic hydroxyl groups is 1. The molecule has 0 aromatic heterocycles. The molecule has 1 N–H and O–H groups in total. The van der Waals surface area contributed by atoms with Gasteiger partial charge >= 0.3 is 5.97 Å². The van der Waals surface area contributed by atoms with Crippen molar-refractivity contribution in [1.29, 1.82) is 0 Å². The Morgan fingerprint density at radius 3 is 3.00 bits per heavy atom. The van der Waals surface area contributed by atoms with Crippen LogP contribution < -0.4 is 0 Å². The van der Waals surface area contributed by atoms with Gasteiger partial charge in [-0.2, -0.15) is 0 Å². The molecule has 0 aliphatic rings. The average Bonchev–Trinajstić information content (AvgIpc) is 2.00. The third-order valence-electron chi connectivity index (χ3n) is 0.406. The van der Waals surface area contributed by atoms with Gasteiger partial charge in [0, 0.05) is 18.4 Å². The number of ether oxygens (including phenoxy) is 1. The van der Waals surface area contributed by atoms with Gasteiger partial charge in [0.15, 0.2) is 0 Å². The Labute approximate surface area is 56.7 Å². The largest absolute Gasteiger partial charge is 0.469 e. The fourth-order valence-electron chi connectivity index (χ4n) is 0.130. The number of hydrogen-bond acceptors (Lipinski definition) is 3. The van der Waals surface area contributed by atoms with E-state index in [2.05, 4.69) is 4.74 Å². The van der Waals surface area contributed by atoms with E-state index >= 15 is 0 Å². The molecule has 0 atom stereocenters. The van der Waals surface area contributed by atoms with E-state index in [0.29, 0.717) is 0 Å². The summed E-state index contributed by atoms with van der Waals surface area (Å²) in [5, 5.41) is 8.74. The van der Waals surface area contributed by atoms with Gasteiger partial charge in [-0.1, -0.05) is 0 Å². The second-order valence-corrected chi connectivity index (χ2v) is 0.853. The van der Waals surface area contributed by atoms with E-state index < -0.39 is 25.3 Å². The summed E-state index contributed by atoms with van der Waals surface area (Å²) in [7, 11) is 0.836. The van der Waals surface area contributed by atoms with Gasteiger partial charge in [0.05, 0.1) is 9.85 Å². The fraction of sp³-hybridized carbons (Fsp3) is 0.800. The number of rotatable bonds is 3. The first-order valence-corrected chi connectivity index (χ1v) is 1.79. The van der Waals surface area contributed by atoms with Crippen LogP contribution in [-0.2, 0) is 9.53 Å². The second-order valence-electron chi connectivity index (χ2n) is 0.853. The minimum atomic E-state index is -3.48. The Balaban J connectivity index is 5.18. The highest BCUT2D eigenvalue weighted by Gasteiger charge is 1.95. The summed E-state index contributed by atoms with van der Waals surface area (Å²) < 4.78 is 45.3. The van der Waals surface area contributed by atoms with Gasteiger partial charge in [-0.05, 0) is 6.37 Å². The Morgan fingerprint density at radius 2 is 2.62 bits per heavy atom. The topological polar surface area (TPSA) is 46.5 Å². The summed E-state index contributed by atoms with van der Waals surface area (Å²) in [6.45, 7) is -3.48. The molecule has 0 aliphatic carbocycles. The molecule has 0 bridgehead atoms. The monoisotopic (exact) mass is 124 g/mol. The average molecular weight is 124 g/mol. The van der Waals surface area contributed by atoms with Crippen molar-refractivity contribution in [2.24, 2.45) is 0 Å². The molecule has 0 amide bonds. The molecular weight excluding hydrogens is 108 g/mol. The van der Waals surface area contributed by atoms with Crippen LogP contribution in [0.5, 0.6) is 0 Å². The first kappa shape index (κ1) is 1.99. The van der Waals surface area contributed by atoms with Crippen molar-refractivity contribution in [2.75, 3.05) is 13.7 Å². The van der Waals surface area contributed by atoms with Crippen LogP contribution >= 0.6 is 0 Å². The summed E-state index contributed by atoms with van der Waals surface area (Å²) in [6, 6.07) is 0. The van der Waals surface area contributed by atoms with Crippen molar-refractivity contribution in [2.45, 2.75) is 12.7 Å². The number of carbonyl (C=O) groups is 1. The van der Waals surface area contributed by atoms with E-state index in [1.54, 1.807) is 0 Å². The zero-order valence-electron chi connectivity index (χ0n) is 10.3. The highest BCUT2D eigenvalue weighted by molar-refractivity contribution is 5.68. The third-order valence-corrected chi connectivity index (χ3v) is 0.406. The van der Waals surface area contributed by atoms with E-state index in [0.717, 1.165) is 7.11 Å². The lowest BCUT2D eigenvalue weighted by Crippen LogP contribution is -2.00. The maximum absolute atomic E-state index is 10.8. The van der Waals surface area contributed by atoms with Crippen LogP contribution in [0.4, 0.5) is 0 Å². The van der Waals surface area contributed by atoms with Gasteiger partial charge in [-0.25, -0.2) is 0 Å². The molecule has 0 spiro atoms. The van der Waals surface area contributed by atoms with E-state index in [1.165, 1.54) is 0 Å². The molecule has 48 valence electrons. The molecule has 0 unspecified atom stereocenters. The highest BCUT2D eigenvalue weighted by Crippen LogP contribution is 1.87. The molecule has 8 heavy (non-hydrogen) atoms. The minimum Gasteiger partial charge on any atom is -0.469 e. The standard InChI is InChI=1S/C5H10O3/c1-8-5(7)3-2-4-6/h6H,2-4H2,1H3/i2D2,3D2,4D2. The summed E-state index contributed by atoms with van der Waals surface area (Å²) >= 11 is 0. The summed E-state index contributed by atoms with van der Waals surface area (Å²) in [4.78, 5) is 10.8. The number of esters is 1. The summed E-state index contributed by atoms with van der Waals surface area (Å²) in [6.07, 6.45) is -6.66. The van der Waals surface area contributed by atoms with Crippen LogP contribution in [0.25, 0.3) is 0 Å². The van der Waals surface area contributed by atoms with Crippen LogP contribution in [-0.4, -0.2) is 24.7 Å². The number of carbonyl (C=O) groups excluding carboxylic acids is 1. The zero-order valence-corrected chi connectivity index (χ0v) is 4.26. The highest BCUT2D eigenvalue weighted by atomic mass is 16.5. The lowest BCUT2D eigenvalue weighted by Gasteiger charge is -1.93. The van der Waals surface area contributed by atoms with Crippen LogP contribution in [0.1, 0.15) is 21.0 Å². The molecule has 3 nitrogen and oxygen atoms in total. The molecule has 0 aromatic carbocycles. The first-order valence-electron chi connectivity index (χ1n) is 4.79. The Kier molecular flexibility index (Phi) is 1.14. The quantitative estimate of drug-likeness (QED) is 0.536. The van der Waals surface area contributed by atoms with Crippen LogP contribution in [0, 0.1) is 0 Å². The molecule has 0 radical (unpaired) electrons. The zero-order chi connectivity index (χ0) is 11.8. The van der Waals surface area contributed by atoms with E-state index in [1.807, 2.05) is 0 Å². The lowest BCUT2D eigenvalue weighted by atomic mass is 10.3. The van der Waals surface area contributed by atoms with Gasteiger partial charge in [0.2, 0.25) is 0 Å². The molecule has 0 aromatic rings. The van der Waals surface area contributed by atoms with Crippen LogP contribution in [0.15, 0.2) is 0 Å². The predicted octanol–water partition coefficient (Wildman–Crippen LogP) is -0.0681. The predicted molar refractivity (Wildman–Crippen MR) is 28.3 cm³/mol. The summed E-state index contributed by atoms with van der Waals surface area (Å²) in [5.41, 5.74) is 0.